The molecule has 0 unspecified atom stereocenters. The van der Waals surface area contributed by atoms with Crippen molar-refractivity contribution in [1.82, 2.24) is 4.98 Å². The first kappa shape index (κ1) is 19.6. The van der Waals surface area contributed by atoms with E-state index >= 15 is 0 Å². The molecule has 0 saturated carbocycles. The van der Waals surface area contributed by atoms with Gasteiger partial charge in [-0.05, 0) is 53.6 Å². The highest BCUT2D eigenvalue weighted by molar-refractivity contribution is 7.13. The third kappa shape index (κ3) is 4.16. The predicted molar refractivity (Wildman–Crippen MR) is 116 cm³/mol. The topological polar surface area (TPSA) is 84.9 Å². The van der Waals surface area contributed by atoms with E-state index in [1.165, 1.54) is 0 Å². The summed E-state index contributed by atoms with van der Waals surface area (Å²) in [6.45, 7) is 4.21. The molecule has 3 heterocycles. The van der Waals surface area contributed by atoms with Crippen LogP contribution in [0.4, 0.5) is 0 Å². The van der Waals surface area contributed by atoms with Crippen molar-refractivity contribution in [1.29, 1.82) is 0 Å². The molecule has 0 atom stereocenters. The average Bonchev–Trinajstić information content (AvgIpc) is 3.47. The van der Waals surface area contributed by atoms with Gasteiger partial charge in [-0.15, -0.1) is 11.3 Å². The van der Waals surface area contributed by atoms with Crippen LogP contribution in [-0.2, 0) is 13.2 Å². The Morgan fingerprint density at radius 2 is 2.07 bits per heavy atom. The van der Waals surface area contributed by atoms with Crippen molar-refractivity contribution in [2.75, 3.05) is 0 Å². The molecule has 0 fully saturated rings. The summed E-state index contributed by atoms with van der Waals surface area (Å²) in [7, 11) is 0. The molecule has 1 aromatic carbocycles. The van der Waals surface area contributed by atoms with Crippen molar-refractivity contribution < 1.29 is 19.1 Å². The SMILES string of the molecule is C=NCc1c(-c2ccoc2)cc(-c2cccs2)nc1OCc1ccc(C(=O)O)cc1. The van der Waals surface area contributed by atoms with Gasteiger partial charge in [-0.1, -0.05) is 18.2 Å². The molecular formula is C23H18N2O4S. The second-order valence-electron chi connectivity index (χ2n) is 6.50. The Labute approximate surface area is 177 Å². The first-order valence-electron chi connectivity index (χ1n) is 9.13. The molecule has 7 heteroatoms. The molecule has 1 N–H and O–H groups in total. The summed E-state index contributed by atoms with van der Waals surface area (Å²) in [6.07, 6.45) is 3.30. The Morgan fingerprint density at radius 3 is 2.70 bits per heavy atom. The maximum absolute atomic E-state index is 11.0. The van der Waals surface area contributed by atoms with Crippen molar-refractivity contribution in [3.8, 4) is 27.6 Å². The fourth-order valence-electron chi connectivity index (χ4n) is 3.05. The van der Waals surface area contributed by atoms with E-state index in [0.717, 1.165) is 32.8 Å². The summed E-state index contributed by atoms with van der Waals surface area (Å²) in [5.41, 5.74) is 4.51. The molecule has 0 spiro atoms. The lowest BCUT2D eigenvalue weighted by Gasteiger charge is -2.15. The van der Waals surface area contributed by atoms with Crippen LogP contribution in [0.1, 0.15) is 21.5 Å². The van der Waals surface area contributed by atoms with Gasteiger partial charge in [-0.3, -0.25) is 4.99 Å². The molecule has 0 amide bonds. The predicted octanol–water partition coefficient (Wildman–Crippen LogP) is 5.55. The van der Waals surface area contributed by atoms with Crippen molar-refractivity contribution in [3.05, 3.63) is 83.1 Å². The second-order valence-corrected chi connectivity index (χ2v) is 7.45. The number of furan rings is 1. The van der Waals surface area contributed by atoms with Gasteiger partial charge in [0.2, 0.25) is 5.88 Å². The number of aromatic nitrogens is 1. The van der Waals surface area contributed by atoms with Crippen LogP contribution in [0.25, 0.3) is 21.7 Å². The smallest absolute Gasteiger partial charge is 0.335 e. The van der Waals surface area contributed by atoms with Crippen molar-refractivity contribution in [2.24, 2.45) is 4.99 Å². The lowest BCUT2D eigenvalue weighted by Crippen LogP contribution is -2.04. The van der Waals surface area contributed by atoms with Crippen molar-refractivity contribution in [2.45, 2.75) is 13.2 Å². The highest BCUT2D eigenvalue weighted by Gasteiger charge is 2.17. The molecule has 3 aromatic heterocycles. The molecule has 4 aromatic rings. The highest BCUT2D eigenvalue weighted by Crippen LogP contribution is 2.36. The quantitative estimate of drug-likeness (QED) is 0.379. The maximum Gasteiger partial charge on any atom is 0.335 e. The lowest BCUT2D eigenvalue weighted by atomic mass is 10.0. The number of hydrogen-bond acceptors (Lipinski definition) is 6. The summed E-state index contributed by atoms with van der Waals surface area (Å²) in [5.74, 6) is -0.497. The van der Waals surface area contributed by atoms with E-state index in [2.05, 4.69) is 11.7 Å². The lowest BCUT2D eigenvalue weighted by molar-refractivity contribution is 0.0697. The molecule has 0 aliphatic heterocycles. The largest absolute Gasteiger partial charge is 0.478 e. The number of thiophene rings is 1. The fraction of sp³-hybridized carbons (Fsp3) is 0.0870. The summed E-state index contributed by atoms with van der Waals surface area (Å²) in [4.78, 5) is 20.9. The van der Waals surface area contributed by atoms with Crippen LogP contribution in [0.3, 0.4) is 0 Å². The average molecular weight is 418 g/mol. The molecule has 150 valence electrons. The molecule has 6 nitrogen and oxygen atoms in total. The minimum absolute atomic E-state index is 0.232. The van der Waals surface area contributed by atoms with E-state index in [1.807, 2.05) is 29.6 Å². The Hall–Kier alpha value is -3.71. The zero-order valence-electron chi connectivity index (χ0n) is 15.9. The number of rotatable bonds is 8. The molecule has 0 saturated heterocycles. The van der Waals surface area contributed by atoms with Crippen LogP contribution in [0.15, 0.2) is 75.8 Å². The van der Waals surface area contributed by atoms with E-state index in [4.69, 9.17) is 19.2 Å². The molecular weight excluding hydrogens is 400 g/mol. The zero-order chi connectivity index (χ0) is 20.9. The summed E-state index contributed by atoms with van der Waals surface area (Å²) >= 11 is 1.60. The van der Waals surface area contributed by atoms with Gasteiger partial charge in [0.15, 0.2) is 0 Å². The van der Waals surface area contributed by atoms with Gasteiger partial charge in [0.1, 0.15) is 6.61 Å². The molecule has 30 heavy (non-hydrogen) atoms. The van der Waals surface area contributed by atoms with Crippen LogP contribution in [-0.4, -0.2) is 22.8 Å². The summed E-state index contributed by atoms with van der Waals surface area (Å²) < 4.78 is 11.4. The molecule has 0 aliphatic rings. The van der Waals surface area contributed by atoms with E-state index in [0.29, 0.717) is 12.4 Å². The van der Waals surface area contributed by atoms with Gasteiger partial charge in [-0.2, -0.15) is 0 Å². The van der Waals surface area contributed by atoms with E-state index in [9.17, 15) is 4.79 Å². The number of nitrogens with zero attached hydrogens (tertiary/aromatic N) is 2. The number of carboxylic acids is 1. The first-order valence-corrected chi connectivity index (χ1v) is 10.0. The van der Waals surface area contributed by atoms with E-state index in [-0.39, 0.29) is 12.2 Å². The molecule has 0 radical (unpaired) electrons. The Kier molecular flexibility index (Phi) is 5.72. The van der Waals surface area contributed by atoms with E-state index < -0.39 is 5.97 Å². The summed E-state index contributed by atoms with van der Waals surface area (Å²) in [5, 5.41) is 11.1. The number of aliphatic imine (C=N–C) groups is 1. The molecule has 0 bridgehead atoms. The van der Waals surface area contributed by atoms with Crippen LogP contribution in [0, 0.1) is 0 Å². The van der Waals surface area contributed by atoms with Gasteiger partial charge < -0.3 is 14.3 Å². The molecule has 4 rings (SSSR count). The number of aromatic carboxylic acids is 1. The van der Waals surface area contributed by atoms with Gasteiger partial charge in [0.25, 0.3) is 0 Å². The third-order valence-electron chi connectivity index (χ3n) is 4.54. The standard InChI is InChI=1S/C23H18N2O4S/c1-24-12-19-18(17-8-9-28-14-17)11-20(21-3-2-10-30-21)25-22(19)29-13-15-4-6-16(7-5-15)23(26)27/h2-11,14H,1,12-13H2,(H,26,27). The van der Waals surface area contributed by atoms with Gasteiger partial charge in [0, 0.05) is 11.1 Å². The molecule has 0 aliphatic carbocycles. The van der Waals surface area contributed by atoms with Crippen LogP contribution in [0.2, 0.25) is 0 Å². The van der Waals surface area contributed by atoms with Gasteiger partial charge in [-0.25, -0.2) is 9.78 Å². The normalized spacial score (nSPS) is 10.7. The third-order valence-corrected chi connectivity index (χ3v) is 5.43. The fourth-order valence-corrected chi connectivity index (χ4v) is 3.74. The van der Waals surface area contributed by atoms with Crippen LogP contribution < -0.4 is 4.74 Å². The van der Waals surface area contributed by atoms with Crippen LogP contribution in [0.5, 0.6) is 5.88 Å². The number of hydrogen-bond donors (Lipinski definition) is 1. The second kappa shape index (κ2) is 8.75. The maximum atomic E-state index is 11.0. The minimum Gasteiger partial charge on any atom is -0.478 e. The number of carbonyl (C=O) groups is 1. The number of carboxylic acid groups (broad SMARTS) is 1. The van der Waals surface area contributed by atoms with Crippen molar-refractivity contribution >= 4 is 24.0 Å². The number of pyridine rings is 1. The zero-order valence-corrected chi connectivity index (χ0v) is 16.8. The van der Waals surface area contributed by atoms with Gasteiger partial charge in [0.05, 0.1) is 35.2 Å². The first-order chi connectivity index (χ1) is 14.7. The number of ether oxygens (including phenoxy) is 1. The monoisotopic (exact) mass is 418 g/mol. The summed E-state index contributed by atoms with van der Waals surface area (Å²) in [6, 6.07) is 14.4. The van der Waals surface area contributed by atoms with Gasteiger partial charge >= 0.3 is 5.97 Å². The minimum atomic E-state index is -0.961. The Morgan fingerprint density at radius 1 is 1.23 bits per heavy atom. The van der Waals surface area contributed by atoms with E-state index in [1.54, 1.807) is 48.1 Å². The number of benzene rings is 1. The van der Waals surface area contributed by atoms with Crippen molar-refractivity contribution in [3.63, 3.8) is 0 Å². The van der Waals surface area contributed by atoms with Crippen LogP contribution >= 0.6 is 11.3 Å². The highest BCUT2D eigenvalue weighted by atomic mass is 32.1. The Balaban J connectivity index is 1.72. The Bertz CT molecular complexity index is 1150.